The molecule has 4 nitrogen and oxygen atoms in total. The van der Waals surface area contributed by atoms with E-state index in [0.717, 1.165) is 5.56 Å². The first-order valence-corrected chi connectivity index (χ1v) is 3.54. The van der Waals surface area contributed by atoms with Crippen LogP contribution in [-0.4, -0.2) is 25.0 Å². The molecule has 0 radical (unpaired) electrons. The van der Waals surface area contributed by atoms with Gasteiger partial charge < -0.3 is 0 Å². The van der Waals surface area contributed by atoms with Gasteiger partial charge in [0.25, 0.3) is 0 Å². The molecule has 0 atom stereocenters. The zero-order valence-electron chi connectivity index (χ0n) is 7.11. The van der Waals surface area contributed by atoms with Crippen molar-refractivity contribution in [3.05, 3.63) is 30.1 Å². The van der Waals surface area contributed by atoms with Crippen molar-refractivity contribution in [1.29, 1.82) is 0 Å². The smallest absolute Gasteiger partial charge is 0.153 e. The fourth-order valence-electron chi connectivity index (χ4n) is 0.833. The predicted molar refractivity (Wildman–Crippen MR) is 46.8 cm³/mol. The van der Waals surface area contributed by atoms with E-state index < -0.39 is 0 Å². The van der Waals surface area contributed by atoms with Crippen molar-refractivity contribution in [2.45, 2.75) is 0 Å². The van der Waals surface area contributed by atoms with E-state index in [0.29, 0.717) is 5.84 Å². The van der Waals surface area contributed by atoms with Crippen LogP contribution in [0.3, 0.4) is 0 Å². The summed E-state index contributed by atoms with van der Waals surface area (Å²) in [5.41, 5.74) is 3.56. The Labute approximate surface area is 71.3 Å². The Hall–Kier alpha value is -1.42. The molecule has 0 aromatic carbocycles. The summed E-state index contributed by atoms with van der Waals surface area (Å²) in [6, 6.07) is 3.75. The number of nitrogens with one attached hydrogen (secondary N) is 1. The maximum Gasteiger partial charge on any atom is 0.153 e. The molecule has 0 unspecified atom stereocenters. The average Bonchev–Trinajstić information content (AvgIpc) is 2.15. The number of aromatic nitrogens is 1. The Morgan fingerprint density at radius 3 is 3.00 bits per heavy atom. The second-order valence-corrected chi connectivity index (χ2v) is 2.12. The van der Waals surface area contributed by atoms with E-state index in [1.54, 1.807) is 26.6 Å². The molecule has 1 aromatic heterocycles. The van der Waals surface area contributed by atoms with Crippen molar-refractivity contribution >= 4 is 5.84 Å². The monoisotopic (exact) mass is 165 g/mol. The number of hydrogen-bond donors (Lipinski definition) is 1. The number of hydrogen-bond acceptors (Lipinski definition) is 3. The van der Waals surface area contributed by atoms with Gasteiger partial charge in [0.15, 0.2) is 5.84 Å². The Morgan fingerprint density at radius 1 is 1.67 bits per heavy atom. The topological polar surface area (TPSA) is 46.5 Å². The van der Waals surface area contributed by atoms with Crippen molar-refractivity contribution in [3.8, 4) is 0 Å². The first kappa shape index (κ1) is 8.67. The Bertz CT molecular complexity index is 258. The predicted octanol–water partition coefficient (Wildman–Crippen LogP) is 0.609. The minimum Gasteiger partial charge on any atom is -0.278 e. The maximum absolute atomic E-state index is 4.74. The number of amidine groups is 1. The molecule has 64 valence electrons. The van der Waals surface area contributed by atoms with Crippen LogP contribution in [-0.2, 0) is 4.84 Å². The van der Waals surface area contributed by atoms with Crippen LogP contribution >= 0.6 is 0 Å². The minimum atomic E-state index is 0.672. The van der Waals surface area contributed by atoms with Gasteiger partial charge in [-0.05, 0) is 12.1 Å². The molecule has 0 aliphatic heterocycles. The zero-order chi connectivity index (χ0) is 8.81. The molecule has 1 heterocycles. The van der Waals surface area contributed by atoms with E-state index in [2.05, 4.69) is 15.5 Å². The highest BCUT2D eigenvalue weighted by Crippen LogP contribution is 1.95. The second kappa shape index (κ2) is 4.46. The number of hydroxylamine groups is 1. The SMILES string of the molecule is CN=C(NOC)c1cccnc1. The number of nitrogens with zero attached hydrogens (tertiary/aromatic N) is 2. The van der Waals surface area contributed by atoms with Crippen LogP contribution in [0.1, 0.15) is 5.56 Å². The van der Waals surface area contributed by atoms with Crippen LogP contribution in [0.25, 0.3) is 0 Å². The van der Waals surface area contributed by atoms with Gasteiger partial charge in [-0.25, -0.2) is 5.48 Å². The Kier molecular flexibility index (Phi) is 3.22. The molecule has 0 saturated carbocycles. The summed E-state index contributed by atoms with van der Waals surface area (Å²) in [7, 11) is 3.23. The lowest BCUT2D eigenvalue weighted by Crippen LogP contribution is -2.23. The van der Waals surface area contributed by atoms with Crippen molar-refractivity contribution in [1.82, 2.24) is 10.5 Å². The first-order valence-electron chi connectivity index (χ1n) is 3.54. The molecule has 0 amide bonds. The molecular weight excluding hydrogens is 154 g/mol. The standard InChI is InChI=1S/C8H11N3O/c1-9-8(11-12-2)7-4-3-5-10-6-7/h3-6H,1-2H3,(H,9,11). The summed E-state index contributed by atoms with van der Waals surface area (Å²) < 4.78 is 0. The molecule has 12 heavy (non-hydrogen) atoms. The van der Waals surface area contributed by atoms with E-state index >= 15 is 0 Å². The van der Waals surface area contributed by atoms with Crippen molar-refractivity contribution < 1.29 is 4.84 Å². The molecule has 0 aliphatic rings. The summed E-state index contributed by atoms with van der Waals surface area (Å²) in [4.78, 5) is 12.7. The van der Waals surface area contributed by atoms with E-state index in [-0.39, 0.29) is 0 Å². The van der Waals surface area contributed by atoms with Gasteiger partial charge in [-0.2, -0.15) is 0 Å². The molecule has 0 bridgehead atoms. The molecule has 0 spiro atoms. The number of rotatable bonds is 2. The lowest BCUT2D eigenvalue weighted by molar-refractivity contribution is 0.145. The van der Waals surface area contributed by atoms with Crippen LogP contribution < -0.4 is 5.48 Å². The van der Waals surface area contributed by atoms with Gasteiger partial charge in [-0.3, -0.25) is 14.8 Å². The minimum absolute atomic E-state index is 0.672. The summed E-state index contributed by atoms with van der Waals surface area (Å²) >= 11 is 0. The largest absolute Gasteiger partial charge is 0.278 e. The highest BCUT2D eigenvalue weighted by molar-refractivity contribution is 5.97. The third-order valence-corrected chi connectivity index (χ3v) is 1.36. The van der Waals surface area contributed by atoms with E-state index in [9.17, 15) is 0 Å². The molecule has 1 N–H and O–H groups in total. The summed E-state index contributed by atoms with van der Waals surface area (Å²) in [5.74, 6) is 0.672. The van der Waals surface area contributed by atoms with Crippen LogP contribution in [0.15, 0.2) is 29.5 Å². The molecule has 0 fully saturated rings. The van der Waals surface area contributed by atoms with Gasteiger partial charge in [0.1, 0.15) is 0 Å². The number of pyridine rings is 1. The Morgan fingerprint density at radius 2 is 2.50 bits per heavy atom. The lowest BCUT2D eigenvalue weighted by Gasteiger charge is -2.04. The van der Waals surface area contributed by atoms with Crippen LogP contribution in [0, 0.1) is 0 Å². The molecule has 0 saturated heterocycles. The van der Waals surface area contributed by atoms with Crippen molar-refractivity contribution in [2.24, 2.45) is 4.99 Å². The fraction of sp³-hybridized carbons (Fsp3) is 0.250. The lowest BCUT2D eigenvalue weighted by atomic mass is 10.3. The molecular formula is C8H11N3O. The zero-order valence-corrected chi connectivity index (χ0v) is 7.11. The van der Waals surface area contributed by atoms with Gasteiger partial charge in [0, 0.05) is 25.0 Å². The molecule has 1 rings (SSSR count). The van der Waals surface area contributed by atoms with Crippen LogP contribution in [0.2, 0.25) is 0 Å². The number of aliphatic imine (C=N–C) groups is 1. The fourth-order valence-corrected chi connectivity index (χ4v) is 0.833. The van der Waals surface area contributed by atoms with Crippen LogP contribution in [0.5, 0.6) is 0 Å². The Balaban J connectivity index is 2.82. The normalized spacial score (nSPS) is 11.3. The molecule has 1 aromatic rings. The van der Waals surface area contributed by atoms with Crippen molar-refractivity contribution in [2.75, 3.05) is 14.2 Å². The quantitative estimate of drug-likeness (QED) is 0.397. The van der Waals surface area contributed by atoms with Gasteiger partial charge in [-0.15, -0.1) is 0 Å². The van der Waals surface area contributed by atoms with Gasteiger partial charge in [0.05, 0.1) is 7.11 Å². The van der Waals surface area contributed by atoms with Gasteiger partial charge >= 0.3 is 0 Å². The summed E-state index contributed by atoms with van der Waals surface area (Å²) in [5, 5.41) is 0. The average molecular weight is 165 g/mol. The summed E-state index contributed by atoms with van der Waals surface area (Å²) in [6.07, 6.45) is 3.43. The molecule has 4 heteroatoms. The third kappa shape index (κ3) is 2.03. The molecule has 0 aliphatic carbocycles. The highest BCUT2D eigenvalue weighted by atomic mass is 16.6. The summed E-state index contributed by atoms with van der Waals surface area (Å²) in [6.45, 7) is 0. The third-order valence-electron chi connectivity index (χ3n) is 1.36. The van der Waals surface area contributed by atoms with E-state index in [4.69, 9.17) is 4.84 Å². The maximum atomic E-state index is 4.74. The van der Waals surface area contributed by atoms with E-state index in [1.807, 2.05) is 12.1 Å². The van der Waals surface area contributed by atoms with Gasteiger partial charge in [0.2, 0.25) is 0 Å². The highest BCUT2D eigenvalue weighted by Gasteiger charge is 1.99. The van der Waals surface area contributed by atoms with Gasteiger partial charge in [-0.1, -0.05) is 0 Å². The van der Waals surface area contributed by atoms with Crippen LogP contribution in [0.4, 0.5) is 0 Å². The second-order valence-electron chi connectivity index (χ2n) is 2.12. The van der Waals surface area contributed by atoms with E-state index in [1.165, 1.54) is 0 Å². The first-order chi connectivity index (χ1) is 5.88. The van der Waals surface area contributed by atoms with Crippen molar-refractivity contribution in [3.63, 3.8) is 0 Å².